The molecule has 1 aliphatic rings. The third-order valence-electron chi connectivity index (χ3n) is 2.73. The summed E-state index contributed by atoms with van der Waals surface area (Å²) in [6.07, 6.45) is 2.63. The Morgan fingerprint density at radius 2 is 1.88 bits per heavy atom. The van der Waals surface area contributed by atoms with E-state index in [1.165, 1.54) is 12.8 Å². The number of nitrogens with zero attached hydrogens (tertiary/aromatic N) is 4. The molecule has 0 aromatic carbocycles. The van der Waals surface area contributed by atoms with E-state index in [1.54, 1.807) is 0 Å². The number of nitrogens with one attached hydrogen (secondary N) is 1. The van der Waals surface area contributed by atoms with Gasteiger partial charge >= 0.3 is 0 Å². The van der Waals surface area contributed by atoms with Crippen molar-refractivity contribution in [1.82, 2.24) is 19.9 Å². The zero-order chi connectivity index (χ0) is 12.3. The summed E-state index contributed by atoms with van der Waals surface area (Å²) in [6, 6.07) is 0.771. The molecule has 1 heterocycles. The van der Waals surface area contributed by atoms with Gasteiger partial charge in [0.2, 0.25) is 16.5 Å². The van der Waals surface area contributed by atoms with E-state index in [0.29, 0.717) is 5.95 Å². The lowest BCUT2D eigenvalue weighted by Gasteiger charge is -2.19. The normalized spacial score (nSPS) is 15.3. The molecule has 1 saturated carbocycles. The highest BCUT2D eigenvalue weighted by molar-refractivity contribution is 6.31. The lowest BCUT2D eigenvalue weighted by molar-refractivity contribution is 0.289. The predicted octanol–water partition coefficient (Wildman–Crippen LogP) is 2.07. The summed E-state index contributed by atoms with van der Waals surface area (Å²) in [7, 11) is 0. The molecule has 1 fully saturated rings. The van der Waals surface area contributed by atoms with E-state index in [0.717, 1.165) is 25.7 Å². The second-order valence-corrected chi connectivity index (χ2v) is 4.66. The summed E-state index contributed by atoms with van der Waals surface area (Å²) in [5.41, 5.74) is 0. The van der Waals surface area contributed by atoms with Crippen molar-refractivity contribution in [3.05, 3.63) is 10.6 Å². The van der Waals surface area contributed by atoms with E-state index in [9.17, 15) is 0 Å². The molecule has 94 valence electrons. The van der Waals surface area contributed by atoms with E-state index in [-0.39, 0.29) is 10.6 Å². The maximum Gasteiger partial charge on any atom is 0.228 e. The minimum absolute atomic E-state index is 0.113. The van der Waals surface area contributed by atoms with Crippen LogP contribution in [0.1, 0.15) is 19.8 Å². The highest BCUT2D eigenvalue weighted by atomic mass is 35.5. The predicted molar refractivity (Wildman–Crippen MR) is 68.6 cm³/mol. The Morgan fingerprint density at radius 3 is 2.41 bits per heavy atom. The lowest BCUT2D eigenvalue weighted by Crippen LogP contribution is -2.31. The first kappa shape index (κ1) is 12.8. The molecule has 0 atom stereocenters. The molecule has 0 amide bonds. The molecule has 1 N–H and O–H groups in total. The number of aromatic nitrogens is 3. The first-order chi connectivity index (χ1) is 8.19. The third kappa shape index (κ3) is 3.94. The van der Waals surface area contributed by atoms with E-state index in [4.69, 9.17) is 23.2 Å². The molecule has 0 saturated heterocycles. The average Bonchev–Trinajstić information content (AvgIpc) is 3.07. The number of rotatable bonds is 6. The molecule has 1 aromatic heterocycles. The van der Waals surface area contributed by atoms with Crippen LogP contribution in [0.4, 0.5) is 5.95 Å². The first-order valence-electron chi connectivity index (χ1n) is 5.74. The van der Waals surface area contributed by atoms with Crippen LogP contribution in [0.2, 0.25) is 10.6 Å². The largest absolute Gasteiger partial charge is 0.353 e. The van der Waals surface area contributed by atoms with Crippen LogP contribution in [0, 0.1) is 0 Å². The molecule has 0 bridgehead atoms. The number of anilines is 1. The van der Waals surface area contributed by atoms with Gasteiger partial charge in [-0.25, -0.2) is 0 Å². The van der Waals surface area contributed by atoms with Gasteiger partial charge < -0.3 is 5.32 Å². The van der Waals surface area contributed by atoms with Gasteiger partial charge in [-0.15, -0.1) is 0 Å². The van der Waals surface area contributed by atoms with Crippen LogP contribution in [0.3, 0.4) is 0 Å². The Hall–Kier alpha value is -0.650. The molecule has 17 heavy (non-hydrogen) atoms. The molecular weight excluding hydrogens is 261 g/mol. The standard InChI is InChI=1S/C10H15Cl2N5/c1-2-17(7-3-4-7)6-5-13-10-15-8(11)14-9(12)16-10/h7H,2-6H2,1H3,(H,13,14,15,16). The molecule has 5 nitrogen and oxygen atoms in total. The zero-order valence-corrected chi connectivity index (χ0v) is 11.2. The van der Waals surface area contributed by atoms with Crippen LogP contribution >= 0.6 is 23.2 Å². The van der Waals surface area contributed by atoms with Crippen molar-refractivity contribution in [2.24, 2.45) is 0 Å². The maximum atomic E-state index is 5.68. The highest BCUT2D eigenvalue weighted by Gasteiger charge is 2.27. The summed E-state index contributed by atoms with van der Waals surface area (Å²) >= 11 is 11.4. The molecule has 0 radical (unpaired) electrons. The molecule has 0 spiro atoms. The smallest absolute Gasteiger partial charge is 0.228 e. The van der Waals surface area contributed by atoms with Gasteiger partial charge in [-0.3, -0.25) is 4.90 Å². The van der Waals surface area contributed by atoms with E-state index >= 15 is 0 Å². The van der Waals surface area contributed by atoms with Crippen LogP contribution in [0.5, 0.6) is 0 Å². The Labute approximate surface area is 111 Å². The number of hydrogen-bond acceptors (Lipinski definition) is 5. The van der Waals surface area contributed by atoms with Crippen molar-refractivity contribution in [3.8, 4) is 0 Å². The molecule has 2 rings (SSSR count). The van der Waals surface area contributed by atoms with Gasteiger partial charge in [0, 0.05) is 19.1 Å². The minimum atomic E-state index is 0.113. The Balaban J connectivity index is 1.80. The quantitative estimate of drug-likeness (QED) is 0.862. The van der Waals surface area contributed by atoms with Crippen molar-refractivity contribution in [3.63, 3.8) is 0 Å². The molecule has 7 heteroatoms. The van der Waals surface area contributed by atoms with Crippen molar-refractivity contribution in [2.45, 2.75) is 25.8 Å². The van der Waals surface area contributed by atoms with Gasteiger partial charge in [0.15, 0.2) is 0 Å². The van der Waals surface area contributed by atoms with Crippen molar-refractivity contribution >= 4 is 29.2 Å². The number of likely N-dealkylation sites (N-methyl/N-ethyl adjacent to an activating group) is 1. The fraction of sp³-hybridized carbons (Fsp3) is 0.700. The van der Waals surface area contributed by atoms with Crippen molar-refractivity contribution in [1.29, 1.82) is 0 Å². The van der Waals surface area contributed by atoms with Gasteiger partial charge in [0.25, 0.3) is 0 Å². The summed E-state index contributed by atoms with van der Waals surface area (Å²) < 4.78 is 0. The van der Waals surface area contributed by atoms with Gasteiger partial charge in [0.1, 0.15) is 0 Å². The van der Waals surface area contributed by atoms with Gasteiger partial charge in [0.05, 0.1) is 0 Å². The molecule has 1 aromatic rings. The average molecular weight is 276 g/mol. The molecule has 0 unspecified atom stereocenters. The van der Waals surface area contributed by atoms with Crippen LogP contribution in [0.15, 0.2) is 0 Å². The highest BCUT2D eigenvalue weighted by Crippen LogP contribution is 2.25. The first-order valence-corrected chi connectivity index (χ1v) is 6.49. The van der Waals surface area contributed by atoms with E-state index in [2.05, 4.69) is 32.1 Å². The van der Waals surface area contributed by atoms with Crippen LogP contribution in [0.25, 0.3) is 0 Å². The topological polar surface area (TPSA) is 53.9 Å². The Kier molecular flexibility index (Phi) is 4.36. The maximum absolute atomic E-state index is 5.68. The van der Waals surface area contributed by atoms with Crippen molar-refractivity contribution in [2.75, 3.05) is 25.0 Å². The van der Waals surface area contributed by atoms with E-state index in [1.807, 2.05) is 0 Å². The van der Waals surface area contributed by atoms with Gasteiger partial charge in [-0.05, 0) is 42.6 Å². The summed E-state index contributed by atoms with van der Waals surface area (Å²) in [4.78, 5) is 14.0. The number of halogens is 2. The third-order valence-corrected chi connectivity index (χ3v) is 3.07. The van der Waals surface area contributed by atoms with Crippen LogP contribution < -0.4 is 5.32 Å². The summed E-state index contributed by atoms with van der Waals surface area (Å²) in [5.74, 6) is 0.432. The fourth-order valence-corrected chi connectivity index (χ4v) is 2.12. The lowest BCUT2D eigenvalue weighted by atomic mass is 10.4. The summed E-state index contributed by atoms with van der Waals surface area (Å²) in [6.45, 7) is 5.00. The van der Waals surface area contributed by atoms with Crippen molar-refractivity contribution < 1.29 is 0 Å². The Morgan fingerprint density at radius 1 is 1.24 bits per heavy atom. The molecule has 0 aliphatic heterocycles. The molecular formula is C10H15Cl2N5. The zero-order valence-electron chi connectivity index (χ0n) is 9.66. The van der Waals surface area contributed by atoms with Crippen LogP contribution in [-0.2, 0) is 0 Å². The summed E-state index contributed by atoms with van der Waals surface area (Å²) in [5, 5.41) is 3.33. The second kappa shape index (κ2) is 5.80. The SMILES string of the molecule is CCN(CCNc1nc(Cl)nc(Cl)n1)C1CC1. The monoisotopic (exact) mass is 275 g/mol. The fourth-order valence-electron chi connectivity index (χ4n) is 1.75. The van der Waals surface area contributed by atoms with Gasteiger partial charge in [-0.1, -0.05) is 6.92 Å². The van der Waals surface area contributed by atoms with Crippen LogP contribution in [-0.4, -0.2) is 45.5 Å². The minimum Gasteiger partial charge on any atom is -0.353 e. The molecule has 1 aliphatic carbocycles. The van der Waals surface area contributed by atoms with Gasteiger partial charge in [-0.2, -0.15) is 15.0 Å². The van der Waals surface area contributed by atoms with E-state index < -0.39 is 0 Å². The number of hydrogen-bond donors (Lipinski definition) is 1. The second-order valence-electron chi connectivity index (χ2n) is 3.98. The Bertz CT molecular complexity index is 363.